The van der Waals surface area contributed by atoms with Crippen LogP contribution >= 0.6 is 0 Å². The van der Waals surface area contributed by atoms with E-state index in [1.165, 1.54) is 40.6 Å². The Morgan fingerprint density at radius 2 is 1.71 bits per heavy atom. The van der Waals surface area contributed by atoms with Crippen molar-refractivity contribution in [3.63, 3.8) is 0 Å². The maximum atomic E-state index is 12.9. The summed E-state index contributed by atoms with van der Waals surface area (Å²) in [5.41, 5.74) is 3.13. The van der Waals surface area contributed by atoms with Gasteiger partial charge in [0, 0.05) is 32.1 Å². The molecule has 4 rings (SSSR count). The van der Waals surface area contributed by atoms with Gasteiger partial charge in [-0.1, -0.05) is 42.5 Å². The van der Waals surface area contributed by atoms with Crippen LogP contribution in [-0.4, -0.2) is 37.3 Å². The molecule has 3 aromatic rings. The SMILES string of the molecule is Cc1cccc(N2N=C(C(=O)Nc3ccc(S(=O)(=O)N(C)Cc4ccccc4)cc3)CCC2=O)c1. The molecule has 0 radical (unpaired) electrons. The molecule has 0 bridgehead atoms. The highest BCUT2D eigenvalue weighted by molar-refractivity contribution is 7.89. The molecule has 1 aliphatic rings. The first-order valence-corrected chi connectivity index (χ1v) is 12.6. The number of amides is 2. The summed E-state index contributed by atoms with van der Waals surface area (Å²) in [5, 5.41) is 8.27. The van der Waals surface area contributed by atoms with Gasteiger partial charge in [-0.05, 0) is 54.4 Å². The van der Waals surface area contributed by atoms with Gasteiger partial charge in [-0.25, -0.2) is 13.4 Å². The van der Waals surface area contributed by atoms with Gasteiger partial charge in [0.2, 0.25) is 15.9 Å². The maximum absolute atomic E-state index is 12.9. The van der Waals surface area contributed by atoms with Gasteiger partial charge in [-0.2, -0.15) is 9.41 Å². The first kappa shape index (κ1) is 24.3. The second kappa shape index (κ2) is 10.2. The van der Waals surface area contributed by atoms with Gasteiger partial charge in [0.1, 0.15) is 5.71 Å². The van der Waals surface area contributed by atoms with E-state index in [0.29, 0.717) is 11.4 Å². The molecule has 0 saturated heterocycles. The summed E-state index contributed by atoms with van der Waals surface area (Å²) in [6.45, 7) is 2.16. The first-order chi connectivity index (χ1) is 16.7. The van der Waals surface area contributed by atoms with Gasteiger partial charge in [0.15, 0.2) is 0 Å². The highest BCUT2D eigenvalue weighted by Gasteiger charge is 2.26. The van der Waals surface area contributed by atoms with Crippen LogP contribution < -0.4 is 10.3 Å². The van der Waals surface area contributed by atoms with E-state index < -0.39 is 15.9 Å². The predicted octanol–water partition coefficient (Wildman–Crippen LogP) is 3.94. The highest BCUT2D eigenvalue weighted by Crippen LogP contribution is 2.23. The van der Waals surface area contributed by atoms with Gasteiger partial charge >= 0.3 is 0 Å². The molecule has 0 fully saturated rings. The Morgan fingerprint density at radius 3 is 2.40 bits per heavy atom. The van der Waals surface area contributed by atoms with Crippen molar-refractivity contribution in [2.75, 3.05) is 17.4 Å². The lowest BCUT2D eigenvalue weighted by Crippen LogP contribution is -2.36. The third kappa shape index (κ3) is 5.64. The number of anilines is 2. The predicted molar refractivity (Wildman–Crippen MR) is 136 cm³/mol. The lowest BCUT2D eigenvalue weighted by Gasteiger charge is -2.23. The number of benzene rings is 3. The summed E-state index contributed by atoms with van der Waals surface area (Å²) in [4.78, 5) is 25.3. The van der Waals surface area contributed by atoms with Gasteiger partial charge in [0.25, 0.3) is 5.91 Å². The molecule has 2 amide bonds. The zero-order valence-corrected chi connectivity index (χ0v) is 20.3. The summed E-state index contributed by atoms with van der Waals surface area (Å²) in [5.74, 6) is -0.617. The fourth-order valence-electron chi connectivity index (χ4n) is 3.70. The number of nitrogens with one attached hydrogen (secondary N) is 1. The van der Waals surface area contributed by atoms with Gasteiger partial charge < -0.3 is 5.32 Å². The van der Waals surface area contributed by atoms with Gasteiger partial charge in [0.05, 0.1) is 10.6 Å². The number of aryl methyl sites for hydroxylation is 1. The van der Waals surface area contributed by atoms with Crippen molar-refractivity contribution in [3.8, 4) is 0 Å². The Labute approximate surface area is 204 Å². The largest absolute Gasteiger partial charge is 0.321 e. The molecule has 0 atom stereocenters. The van der Waals surface area contributed by atoms with Gasteiger partial charge in [-0.15, -0.1) is 0 Å². The number of nitrogens with zero attached hydrogens (tertiary/aromatic N) is 3. The number of carbonyl (C=O) groups excluding carboxylic acids is 2. The molecule has 9 heteroatoms. The molecule has 0 aliphatic carbocycles. The summed E-state index contributed by atoms with van der Waals surface area (Å²) in [7, 11) is -2.17. The van der Waals surface area contributed by atoms with E-state index in [1.807, 2.05) is 55.5 Å². The lowest BCUT2D eigenvalue weighted by molar-refractivity contribution is -0.118. The normalized spacial score (nSPS) is 14.1. The minimum atomic E-state index is -3.70. The number of sulfonamides is 1. The fourth-order valence-corrected chi connectivity index (χ4v) is 4.86. The summed E-state index contributed by atoms with van der Waals surface area (Å²) < 4.78 is 27.1. The summed E-state index contributed by atoms with van der Waals surface area (Å²) >= 11 is 0. The molecule has 8 nitrogen and oxygen atoms in total. The number of hydrogen-bond donors (Lipinski definition) is 1. The average molecular weight is 491 g/mol. The third-order valence-corrected chi connectivity index (χ3v) is 7.43. The van der Waals surface area contributed by atoms with E-state index in [9.17, 15) is 18.0 Å². The molecule has 35 heavy (non-hydrogen) atoms. The van der Waals surface area contributed by atoms with Crippen LogP contribution in [0.25, 0.3) is 0 Å². The average Bonchev–Trinajstić information content (AvgIpc) is 2.85. The quantitative estimate of drug-likeness (QED) is 0.542. The number of hydrazone groups is 1. The smallest absolute Gasteiger partial charge is 0.271 e. The molecule has 180 valence electrons. The lowest BCUT2D eigenvalue weighted by atomic mass is 10.1. The Morgan fingerprint density at radius 1 is 1.00 bits per heavy atom. The Kier molecular flexibility index (Phi) is 7.09. The van der Waals surface area contributed by atoms with Crippen LogP contribution in [0.3, 0.4) is 0 Å². The zero-order valence-electron chi connectivity index (χ0n) is 19.5. The van der Waals surface area contributed by atoms with Crippen LogP contribution in [-0.2, 0) is 26.2 Å². The van der Waals surface area contributed by atoms with Gasteiger partial charge in [-0.3, -0.25) is 9.59 Å². The fraction of sp³-hybridized carbons (Fsp3) is 0.192. The van der Waals surface area contributed by atoms with Crippen molar-refractivity contribution < 1.29 is 18.0 Å². The van der Waals surface area contributed by atoms with E-state index in [1.54, 1.807) is 6.07 Å². The molecule has 0 spiro atoms. The van der Waals surface area contributed by atoms with E-state index in [4.69, 9.17) is 0 Å². The van der Waals surface area contributed by atoms with Crippen LogP contribution in [0.5, 0.6) is 0 Å². The highest BCUT2D eigenvalue weighted by atomic mass is 32.2. The van der Waals surface area contributed by atoms with E-state index in [2.05, 4.69) is 10.4 Å². The van der Waals surface area contributed by atoms with Crippen LogP contribution in [0.15, 0.2) is 88.9 Å². The Balaban J connectivity index is 1.46. The van der Waals surface area contributed by atoms with Crippen molar-refractivity contribution in [3.05, 3.63) is 90.0 Å². The van der Waals surface area contributed by atoms with Crippen molar-refractivity contribution in [2.45, 2.75) is 31.2 Å². The Hall–Kier alpha value is -3.82. The first-order valence-electron chi connectivity index (χ1n) is 11.1. The topological polar surface area (TPSA) is 99.2 Å². The molecular weight excluding hydrogens is 464 g/mol. The second-order valence-electron chi connectivity index (χ2n) is 8.32. The van der Waals surface area contributed by atoms with E-state index >= 15 is 0 Å². The minimum Gasteiger partial charge on any atom is -0.321 e. The van der Waals surface area contributed by atoms with Crippen LogP contribution in [0, 0.1) is 6.92 Å². The van der Waals surface area contributed by atoms with Crippen molar-refractivity contribution in [2.24, 2.45) is 5.10 Å². The van der Waals surface area contributed by atoms with Crippen molar-refractivity contribution in [1.29, 1.82) is 0 Å². The molecule has 1 N–H and O–H groups in total. The molecule has 3 aromatic carbocycles. The number of hydrogen-bond acceptors (Lipinski definition) is 5. The molecular formula is C26H26N4O4S. The third-order valence-electron chi connectivity index (χ3n) is 5.61. The number of carbonyl (C=O) groups is 2. The van der Waals surface area contributed by atoms with Crippen LogP contribution in [0.1, 0.15) is 24.0 Å². The van der Waals surface area contributed by atoms with E-state index in [-0.39, 0.29) is 35.9 Å². The molecule has 1 aliphatic heterocycles. The molecule has 0 saturated carbocycles. The van der Waals surface area contributed by atoms with Crippen molar-refractivity contribution in [1.82, 2.24) is 4.31 Å². The molecule has 1 heterocycles. The second-order valence-corrected chi connectivity index (χ2v) is 10.4. The van der Waals surface area contributed by atoms with Crippen LogP contribution in [0.4, 0.5) is 11.4 Å². The monoisotopic (exact) mass is 490 g/mol. The number of rotatable bonds is 7. The minimum absolute atomic E-state index is 0.125. The molecule has 0 aromatic heterocycles. The summed E-state index contributed by atoms with van der Waals surface area (Å²) in [6.07, 6.45) is 0.398. The Bertz CT molecular complexity index is 1370. The van der Waals surface area contributed by atoms with E-state index in [0.717, 1.165) is 11.1 Å². The van der Waals surface area contributed by atoms with Crippen LogP contribution in [0.2, 0.25) is 0 Å². The standard InChI is InChI=1S/C26H26N4O4S/c1-19-7-6-10-22(17-19)30-25(31)16-15-24(28-30)26(32)27-21-11-13-23(14-12-21)35(33,34)29(2)18-20-8-4-3-5-9-20/h3-14,17H,15-16,18H2,1-2H3,(H,27,32). The molecule has 0 unspecified atom stereocenters. The summed E-state index contributed by atoms with van der Waals surface area (Å²) in [6, 6.07) is 22.7. The maximum Gasteiger partial charge on any atom is 0.271 e. The zero-order chi connectivity index (χ0) is 25.0. The van der Waals surface area contributed by atoms with Crippen molar-refractivity contribution >= 4 is 38.9 Å².